The largest absolute Gasteiger partial charge is 0.497 e. The van der Waals surface area contributed by atoms with Crippen molar-refractivity contribution in [3.63, 3.8) is 0 Å². The standard InChI is InChI=1S/C15H15BrFNO2/c1-19-12-4-5-13(16)10(7-12)9-18-11-3-6-15(20-2)14(17)8-11/h3-8,18H,9H2,1-2H3. The van der Waals surface area contributed by atoms with Gasteiger partial charge in [-0.05, 0) is 35.9 Å². The minimum atomic E-state index is -0.387. The maximum Gasteiger partial charge on any atom is 0.167 e. The highest BCUT2D eigenvalue weighted by atomic mass is 79.9. The molecule has 0 radical (unpaired) electrons. The molecule has 0 aliphatic rings. The van der Waals surface area contributed by atoms with Crippen LogP contribution in [0.1, 0.15) is 5.56 Å². The average Bonchev–Trinajstić information content (AvgIpc) is 2.46. The molecule has 0 aromatic heterocycles. The molecule has 3 nitrogen and oxygen atoms in total. The lowest BCUT2D eigenvalue weighted by atomic mass is 10.2. The highest BCUT2D eigenvalue weighted by Crippen LogP contribution is 2.25. The van der Waals surface area contributed by atoms with Gasteiger partial charge in [-0.3, -0.25) is 0 Å². The number of hydrogen-bond donors (Lipinski definition) is 1. The van der Waals surface area contributed by atoms with Gasteiger partial charge in [0, 0.05) is 22.8 Å². The van der Waals surface area contributed by atoms with Crippen molar-refractivity contribution in [1.29, 1.82) is 0 Å². The summed E-state index contributed by atoms with van der Waals surface area (Å²) in [6, 6.07) is 10.5. The Morgan fingerprint density at radius 1 is 1.10 bits per heavy atom. The van der Waals surface area contributed by atoms with Gasteiger partial charge in [0.2, 0.25) is 0 Å². The molecule has 5 heteroatoms. The molecule has 0 atom stereocenters. The van der Waals surface area contributed by atoms with Crippen LogP contribution in [0.2, 0.25) is 0 Å². The van der Waals surface area contributed by atoms with Crippen LogP contribution in [0.4, 0.5) is 10.1 Å². The molecule has 106 valence electrons. The molecule has 0 fully saturated rings. The molecule has 0 aliphatic heterocycles. The minimum Gasteiger partial charge on any atom is -0.497 e. The van der Waals surface area contributed by atoms with Crippen LogP contribution in [0.3, 0.4) is 0 Å². The second kappa shape index (κ2) is 6.61. The molecule has 0 saturated carbocycles. The predicted octanol–water partition coefficient (Wildman–Crippen LogP) is 4.22. The van der Waals surface area contributed by atoms with Crippen LogP contribution in [0.15, 0.2) is 40.9 Å². The Hall–Kier alpha value is -1.75. The summed E-state index contributed by atoms with van der Waals surface area (Å²) in [7, 11) is 3.07. The molecule has 2 aromatic rings. The van der Waals surface area contributed by atoms with Crippen molar-refractivity contribution in [3.05, 3.63) is 52.3 Å². The van der Waals surface area contributed by atoms with E-state index in [4.69, 9.17) is 9.47 Å². The van der Waals surface area contributed by atoms with Crippen molar-refractivity contribution in [2.75, 3.05) is 19.5 Å². The van der Waals surface area contributed by atoms with E-state index in [0.29, 0.717) is 12.2 Å². The molecule has 2 aromatic carbocycles. The molecule has 0 unspecified atom stereocenters. The van der Waals surface area contributed by atoms with E-state index in [-0.39, 0.29) is 11.6 Å². The van der Waals surface area contributed by atoms with Gasteiger partial charge in [-0.2, -0.15) is 0 Å². The maximum atomic E-state index is 13.6. The smallest absolute Gasteiger partial charge is 0.167 e. The number of hydrogen-bond acceptors (Lipinski definition) is 3. The first-order valence-electron chi connectivity index (χ1n) is 6.04. The van der Waals surface area contributed by atoms with E-state index in [1.807, 2.05) is 18.2 Å². The normalized spacial score (nSPS) is 10.2. The highest BCUT2D eigenvalue weighted by molar-refractivity contribution is 9.10. The van der Waals surface area contributed by atoms with Crippen molar-refractivity contribution in [1.82, 2.24) is 0 Å². The van der Waals surface area contributed by atoms with Gasteiger partial charge in [0.1, 0.15) is 5.75 Å². The van der Waals surface area contributed by atoms with Crippen LogP contribution in [-0.2, 0) is 6.54 Å². The average molecular weight is 340 g/mol. The third-order valence-electron chi connectivity index (χ3n) is 2.89. The van der Waals surface area contributed by atoms with Gasteiger partial charge < -0.3 is 14.8 Å². The van der Waals surface area contributed by atoms with Gasteiger partial charge >= 0.3 is 0 Å². The van der Waals surface area contributed by atoms with E-state index in [2.05, 4.69) is 21.2 Å². The summed E-state index contributed by atoms with van der Waals surface area (Å²) in [6.45, 7) is 0.559. The van der Waals surface area contributed by atoms with Crippen molar-refractivity contribution < 1.29 is 13.9 Å². The molecule has 0 bridgehead atoms. The summed E-state index contributed by atoms with van der Waals surface area (Å²) in [5.41, 5.74) is 1.72. The fraction of sp³-hybridized carbons (Fsp3) is 0.200. The Labute approximate surface area is 125 Å². The first-order valence-corrected chi connectivity index (χ1v) is 6.83. The first-order chi connectivity index (χ1) is 9.63. The second-order valence-corrected chi connectivity index (χ2v) is 5.01. The molecule has 0 aliphatic carbocycles. The van der Waals surface area contributed by atoms with E-state index < -0.39 is 0 Å². The van der Waals surface area contributed by atoms with Gasteiger partial charge in [0.25, 0.3) is 0 Å². The fourth-order valence-electron chi connectivity index (χ4n) is 1.79. The van der Waals surface area contributed by atoms with E-state index in [1.54, 1.807) is 19.2 Å². The Kier molecular flexibility index (Phi) is 4.84. The number of ether oxygens (including phenoxy) is 2. The van der Waals surface area contributed by atoms with Gasteiger partial charge in [-0.25, -0.2) is 4.39 Å². The monoisotopic (exact) mass is 339 g/mol. The van der Waals surface area contributed by atoms with Crippen LogP contribution in [0.25, 0.3) is 0 Å². The predicted molar refractivity (Wildman–Crippen MR) is 81.0 cm³/mol. The number of rotatable bonds is 5. The van der Waals surface area contributed by atoms with Crippen LogP contribution in [0, 0.1) is 5.82 Å². The summed E-state index contributed by atoms with van der Waals surface area (Å²) in [5.74, 6) is 0.631. The highest BCUT2D eigenvalue weighted by Gasteiger charge is 2.05. The molecule has 0 spiro atoms. The SMILES string of the molecule is COc1ccc(Br)c(CNc2ccc(OC)c(F)c2)c1. The van der Waals surface area contributed by atoms with E-state index in [0.717, 1.165) is 15.8 Å². The number of anilines is 1. The Morgan fingerprint density at radius 3 is 2.55 bits per heavy atom. The summed E-state index contributed by atoms with van der Waals surface area (Å²) in [5, 5.41) is 3.16. The summed E-state index contributed by atoms with van der Waals surface area (Å²) >= 11 is 3.48. The van der Waals surface area contributed by atoms with Gasteiger partial charge in [-0.15, -0.1) is 0 Å². The van der Waals surface area contributed by atoms with E-state index in [1.165, 1.54) is 13.2 Å². The summed E-state index contributed by atoms with van der Waals surface area (Å²) in [6.07, 6.45) is 0. The molecular weight excluding hydrogens is 325 g/mol. The molecular formula is C15H15BrFNO2. The third kappa shape index (κ3) is 3.42. The maximum absolute atomic E-state index is 13.6. The van der Waals surface area contributed by atoms with Crippen LogP contribution in [-0.4, -0.2) is 14.2 Å². The fourth-order valence-corrected chi connectivity index (χ4v) is 2.17. The lowest BCUT2D eigenvalue weighted by molar-refractivity contribution is 0.386. The van der Waals surface area contributed by atoms with Crippen molar-refractivity contribution >= 4 is 21.6 Å². The molecule has 0 saturated heterocycles. The Bertz CT molecular complexity index is 604. The lowest BCUT2D eigenvalue weighted by Gasteiger charge is -2.11. The Morgan fingerprint density at radius 2 is 1.90 bits per heavy atom. The van der Waals surface area contributed by atoms with Crippen LogP contribution >= 0.6 is 15.9 Å². The van der Waals surface area contributed by atoms with Crippen molar-refractivity contribution in [2.45, 2.75) is 6.54 Å². The van der Waals surface area contributed by atoms with E-state index in [9.17, 15) is 4.39 Å². The number of nitrogens with one attached hydrogen (secondary N) is 1. The first kappa shape index (κ1) is 14.7. The van der Waals surface area contributed by atoms with Crippen LogP contribution in [0.5, 0.6) is 11.5 Å². The van der Waals surface area contributed by atoms with Gasteiger partial charge in [0.05, 0.1) is 14.2 Å². The second-order valence-electron chi connectivity index (χ2n) is 4.16. The van der Waals surface area contributed by atoms with Gasteiger partial charge in [0.15, 0.2) is 11.6 Å². The molecule has 0 amide bonds. The zero-order chi connectivity index (χ0) is 14.5. The zero-order valence-electron chi connectivity index (χ0n) is 11.2. The number of methoxy groups -OCH3 is 2. The molecule has 1 N–H and O–H groups in total. The molecule has 20 heavy (non-hydrogen) atoms. The summed E-state index contributed by atoms with van der Waals surface area (Å²) < 4.78 is 24.6. The topological polar surface area (TPSA) is 30.5 Å². The zero-order valence-corrected chi connectivity index (χ0v) is 12.8. The molecule has 0 heterocycles. The summed E-state index contributed by atoms with van der Waals surface area (Å²) in [4.78, 5) is 0. The number of halogens is 2. The quantitative estimate of drug-likeness (QED) is 0.884. The van der Waals surface area contributed by atoms with Crippen LogP contribution < -0.4 is 14.8 Å². The Balaban J connectivity index is 2.10. The van der Waals surface area contributed by atoms with Crippen molar-refractivity contribution in [3.8, 4) is 11.5 Å². The van der Waals surface area contributed by atoms with Crippen molar-refractivity contribution in [2.24, 2.45) is 0 Å². The van der Waals surface area contributed by atoms with E-state index >= 15 is 0 Å². The van der Waals surface area contributed by atoms with Gasteiger partial charge in [-0.1, -0.05) is 15.9 Å². The number of benzene rings is 2. The molecule has 2 rings (SSSR count). The third-order valence-corrected chi connectivity index (χ3v) is 3.66. The lowest BCUT2D eigenvalue weighted by Crippen LogP contribution is -2.01. The minimum absolute atomic E-state index is 0.234.